The Morgan fingerprint density at radius 2 is 1.37 bits per heavy atom. The molecule has 0 heterocycles. The minimum atomic E-state index is -0.866. The molecule has 0 fully saturated rings. The van der Waals surface area contributed by atoms with Gasteiger partial charge < -0.3 is 9.84 Å². The number of rotatable bonds is 9. The lowest BCUT2D eigenvalue weighted by Gasteiger charge is -2.12. The number of carboxylic acids is 1. The van der Waals surface area contributed by atoms with Crippen molar-refractivity contribution in [3.05, 3.63) is 101 Å². The van der Waals surface area contributed by atoms with E-state index in [9.17, 15) is 9.90 Å². The van der Waals surface area contributed by atoms with E-state index in [-0.39, 0.29) is 0 Å². The molecule has 1 N–H and O–H groups in total. The zero-order valence-corrected chi connectivity index (χ0v) is 15.3. The number of aryl methyl sites for hydroxylation is 2. The van der Waals surface area contributed by atoms with Gasteiger partial charge in [0.05, 0.1) is 12.2 Å². The van der Waals surface area contributed by atoms with Crippen LogP contribution in [0.5, 0.6) is 5.75 Å². The van der Waals surface area contributed by atoms with Crippen LogP contribution in [0.1, 0.15) is 33.5 Å². The molecule has 0 saturated heterocycles. The summed E-state index contributed by atoms with van der Waals surface area (Å²) in [5.41, 5.74) is 3.70. The molecule has 3 aromatic carbocycles. The predicted molar refractivity (Wildman–Crippen MR) is 108 cm³/mol. The number of carbonyl (C=O) groups is 1. The molecule has 3 heteroatoms. The second-order valence-electron chi connectivity index (χ2n) is 6.51. The molecule has 3 rings (SSSR count). The fourth-order valence-corrected chi connectivity index (χ4v) is 3.19. The molecule has 27 heavy (non-hydrogen) atoms. The molecule has 0 aliphatic carbocycles. The van der Waals surface area contributed by atoms with Crippen molar-refractivity contribution in [3.8, 4) is 5.75 Å². The van der Waals surface area contributed by atoms with Crippen LogP contribution in [0.2, 0.25) is 0 Å². The zero-order chi connectivity index (χ0) is 18.9. The van der Waals surface area contributed by atoms with Gasteiger partial charge in [-0.1, -0.05) is 66.7 Å². The Kier molecular flexibility index (Phi) is 6.64. The van der Waals surface area contributed by atoms with Gasteiger partial charge in [-0.25, -0.2) is 4.79 Å². The standard InChI is InChI=1S/C24H24O3/c25-24(26)22-15-6-4-11-20(22)13-8-14-21-12-5-7-16-23(21)27-18-17-19-9-2-1-3-10-19/h1-7,9-12,15-16H,8,13-14,17-18H2,(H,25,26). The number of benzene rings is 3. The maximum absolute atomic E-state index is 11.3. The minimum Gasteiger partial charge on any atom is -0.493 e. The summed E-state index contributed by atoms with van der Waals surface area (Å²) in [4.78, 5) is 11.3. The van der Waals surface area contributed by atoms with Crippen molar-refractivity contribution in [1.29, 1.82) is 0 Å². The number of aromatic carboxylic acids is 1. The van der Waals surface area contributed by atoms with Crippen LogP contribution in [-0.2, 0) is 19.3 Å². The predicted octanol–water partition coefficient (Wildman–Crippen LogP) is 5.18. The molecule has 0 spiro atoms. The van der Waals surface area contributed by atoms with Gasteiger partial charge in [0.1, 0.15) is 5.75 Å². The second-order valence-corrected chi connectivity index (χ2v) is 6.51. The van der Waals surface area contributed by atoms with Crippen molar-refractivity contribution >= 4 is 5.97 Å². The molecular formula is C24H24O3. The summed E-state index contributed by atoms with van der Waals surface area (Å²) in [6.45, 7) is 0.642. The Labute approximate surface area is 160 Å². The Morgan fingerprint density at radius 1 is 0.741 bits per heavy atom. The summed E-state index contributed by atoms with van der Waals surface area (Å²) >= 11 is 0. The van der Waals surface area contributed by atoms with Crippen molar-refractivity contribution < 1.29 is 14.6 Å². The lowest BCUT2D eigenvalue weighted by molar-refractivity contribution is 0.0695. The van der Waals surface area contributed by atoms with Crippen LogP contribution < -0.4 is 4.74 Å². The van der Waals surface area contributed by atoms with Crippen LogP contribution >= 0.6 is 0 Å². The van der Waals surface area contributed by atoms with Crippen molar-refractivity contribution in [2.75, 3.05) is 6.61 Å². The fraction of sp³-hybridized carbons (Fsp3) is 0.208. The van der Waals surface area contributed by atoms with E-state index in [1.165, 1.54) is 11.1 Å². The molecule has 0 aliphatic heterocycles. The average Bonchev–Trinajstić information content (AvgIpc) is 2.70. The van der Waals surface area contributed by atoms with E-state index in [0.29, 0.717) is 12.2 Å². The van der Waals surface area contributed by atoms with Crippen molar-refractivity contribution in [2.24, 2.45) is 0 Å². The van der Waals surface area contributed by atoms with Crippen molar-refractivity contribution in [2.45, 2.75) is 25.7 Å². The van der Waals surface area contributed by atoms with Gasteiger partial charge in [-0.05, 0) is 48.1 Å². The average molecular weight is 360 g/mol. The van der Waals surface area contributed by atoms with E-state index >= 15 is 0 Å². The van der Waals surface area contributed by atoms with E-state index < -0.39 is 5.97 Å². The van der Waals surface area contributed by atoms with Crippen LogP contribution in [0.3, 0.4) is 0 Å². The number of hydrogen-bond donors (Lipinski definition) is 1. The van der Waals surface area contributed by atoms with Crippen LogP contribution in [0.15, 0.2) is 78.9 Å². The SMILES string of the molecule is O=C(O)c1ccccc1CCCc1ccccc1OCCc1ccccc1. The third-order valence-electron chi connectivity index (χ3n) is 4.60. The zero-order valence-electron chi connectivity index (χ0n) is 15.3. The topological polar surface area (TPSA) is 46.5 Å². The number of carboxylic acid groups (broad SMARTS) is 1. The summed E-state index contributed by atoms with van der Waals surface area (Å²) in [5, 5.41) is 9.30. The highest BCUT2D eigenvalue weighted by Gasteiger charge is 2.09. The molecule has 138 valence electrons. The Bertz CT molecular complexity index is 872. The van der Waals surface area contributed by atoms with Gasteiger partial charge in [0, 0.05) is 6.42 Å². The van der Waals surface area contributed by atoms with E-state index in [0.717, 1.165) is 37.0 Å². The van der Waals surface area contributed by atoms with Gasteiger partial charge in [-0.2, -0.15) is 0 Å². The van der Waals surface area contributed by atoms with Gasteiger partial charge in [-0.3, -0.25) is 0 Å². The first kappa shape index (κ1) is 18.7. The minimum absolute atomic E-state index is 0.393. The molecule has 3 aromatic rings. The molecule has 0 saturated carbocycles. The third-order valence-corrected chi connectivity index (χ3v) is 4.60. The Morgan fingerprint density at radius 3 is 2.15 bits per heavy atom. The van der Waals surface area contributed by atoms with Crippen LogP contribution in [0, 0.1) is 0 Å². The number of hydrogen-bond acceptors (Lipinski definition) is 2. The summed E-state index contributed by atoms with van der Waals surface area (Å²) in [6, 6.07) is 25.6. The normalized spacial score (nSPS) is 10.5. The maximum atomic E-state index is 11.3. The van der Waals surface area contributed by atoms with E-state index in [2.05, 4.69) is 18.2 Å². The first-order valence-corrected chi connectivity index (χ1v) is 9.30. The molecular weight excluding hydrogens is 336 g/mol. The largest absolute Gasteiger partial charge is 0.493 e. The van der Waals surface area contributed by atoms with Gasteiger partial charge in [-0.15, -0.1) is 0 Å². The summed E-state index contributed by atoms with van der Waals surface area (Å²) in [6.07, 6.45) is 3.35. The molecule has 0 unspecified atom stereocenters. The summed E-state index contributed by atoms with van der Waals surface area (Å²) < 4.78 is 6.01. The molecule has 0 amide bonds. The fourth-order valence-electron chi connectivity index (χ4n) is 3.19. The van der Waals surface area contributed by atoms with Crippen LogP contribution in [0.25, 0.3) is 0 Å². The van der Waals surface area contributed by atoms with Crippen molar-refractivity contribution in [3.63, 3.8) is 0 Å². The van der Waals surface area contributed by atoms with Gasteiger partial charge in [0.15, 0.2) is 0 Å². The van der Waals surface area contributed by atoms with Crippen LogP contribution in [0.4, 0.5) is 0 Å². The Hall–Kier alpha value is -3.07. The highest BCUT2D eigenvalue weighted by atomic mass is 16.5. The van der Waals surface area contributed by atoms with Crippen molar-refractivity contribution in [1.82, 2.24) is 0 Å². The maximum Gasteiger partial charge on any atom is 0.335 e. The quantitative estimate of drug-likeness (QED) is 0.572. The lowest BCUT2D eigenvalue weighted by atomic mass is 9.99. The van der Waals surface area contributed by atoms with E-state index in [1.54, 1.807) is 12.1 Å². The molecule has 0 aromatic heterocycles. The summed E-state index contributed by atoms with van der Waals surface area (Å²) in [7, 11) is 0. The van der Waals surface area contributed by atoms with Gasteiger partial charge in [0.2, 0.25) is 0 Å². The van der Waals surface area contributed by atoms with Gasteiger partial charge in [0.25, 0.3) is 0 Å². The number of ether oxygens (including phenoxy) is 1. The van der Waals surface area contributed by atoms with E-state index in [1.807, 2.05) is 48.5 Å². The molecule has 0 aliphatic rings. The van der Waals surface area contributed by atoms with Crippen LogP contribution in [-0.4, -0.2) is 17.7 Å². The first-order valence-electron chi connectivity index (χ1n) is 9.30. The number of para-hydroxylation sites is 1. The smallest absolute Gasteiger partial charge is 0.335 e. The summed E-state index contributed by atoms with van der Waals surface area (Å²) in [5.74, 6) is 0.0511. The second kappa shape index (κ2) is 9.58. The molecule has 0 bridgehead atoms. The third kappa shape index (κ3) is 5.45. The Balaban J connectivity index is 1.56. The first-order chi connectivity index (χ1) is 13.2. The lowest BCUT2D eigenvalue weighted by Crippen LogP contribution is -2.05. The highest BCUT2D eigenvalue weighted by molar-refractivity contribution is 5.89. The van der Waals surface area contributed by atoms with E-state index in [4.69, 9.17) is 4.74 Å². The highest BCUT2D eigenvalue weighted by Crippen LogP contribution is 2.21. The molecule has 0 radical (unpaired) electrons. The molecule has 3 nitrogen and oxygen atoms in total. The van der Waals surface area contributed by atoms with Gasteiger partial charge >= 0.3 is 5.97 Å². The monoisotopic (exact) mass is 360 g/mol. The molecule has 0 atom stereocenters.